The Labute approximate surface area is 188 Å². The van der Waals surface area contributed by atoms with Gasteiger partial charge in [0, 0.05) is 22.6 Å². The van der Waals surface area contributed by atoms with Gasteiger partial charge in [-0.15, -0.1) is 9.24 Å². The minimum absolute atomic E-state index is 0.262. The monoisotopic (exact) mass is 437 g/mol. The highest BCUT2D eigenvalue weighted by atomic mass is 31.0. The van der Waals surface area contributed by atoms with E-state index in [9.17, 15) is 0 Å². The Hall–Kier alpha value is -2.58. The van der Waals surface area contributed by atoms with Crippen LogP contribution in [0.5, 0.6) is 17.2 Å². The predicted molar refractivity (Wildman–Crippen MR) is 132 cm³/mol. The summed E-state index contributed by atoms with van der Waals surface area (Å²) < 4.78 is 17.8. The van der Waals surface area contributed by atoms with Crippen LogP contribution >= 0.6 is 9.24 Å². The lowest BCUT2D eigenvalue weighted by atomic mass is 10.0. The van der Waals surface area contributed by atoms with Gasteiger partial charge in [0.1, 0.15) is 28.4 Å². The van der Waals surface area contributed by atoms with Crippen molar-refractivity contribution >= 4 is 14.5 Å². The second-order valence-electron chi connectivity index (χ2n) is 9.45. The third-order valence-corrected chi connectivity index (χ3v) is 4.95. The highest BCUT2D eigenvalue weighted by molar-refractivity contribution is 7.28. The molecule has 31 heavy (non-hydrogen) atoms. The predicted octanol–water partition coefficient (Wildman–Crippen LogP) is 6.28. The van der Waals surface area contributed by atoms with Crippen LogP contribution in [0.4, 0.5) is 0 Å². The first-order valence-corrected chi connectivity index (χ1v) is 11.0. The molecule has 2 aromatic carbocycles. The summed E-state index contributed by atoms with van der Waals surface area (Å²) in [6.45, 7) is 12.2. The third-order valence-electron chi connectivity index (χ3n) is 4.38. The van der Waals surface area contributed by atoms with Gasteiger partial charge in [0.2, 0.25) is 0 Å². The van der Waals surface area contributed by atoms with Crippen molar-refractivity contribution in [2.45, 2.75) is 52.7 Å². The molecule has 1 aromatic heterocycles. The standard InChI is InChI=1S/C26H32NO3P/c1-25(2,3)29-19-12-8-10-17(14-19)21-16-27-22(23(28-7)24(21)31)18-11-9-13-20(15-18)30-26(4,5)6/h8-16H,31H2,1-7H3. The van der Waals surface area contributed by atoms with Crippen molar-refractivity contribution in [3.63, 3.8) is 0 Å². The largest absolute Gasteiger partial charge is 0.494 e. The Balaban J connectivity index is 2.03. The van der Waals surface area contributed by atoms with Crippen LogP contribution in [0, 0.1) is 0 Å². The van der Waals surface area contributed by atoms with E-state index in [2.05, 4.69) is 15.3 Å². The normalized spacial score (nSPS) is 11.9. The van der Waals surface area contributed by atoms with E-state index in [0.717, 1.165) is 44.9 Å². The third kappa shape index (κ3) is 5.98. The number of hydrogen-bond donors (Lipinski definition) is 0. The van der Waals surface area contributed by atoms with Crippen molar-refractivity contribution in [3.8, 4) is 39.6 Å². The number of ether oxygens (including phenoxy) is 3. The van der Waals surface area contributed by atoms with E-state index in [1.165, 1.54) is 0 Å². The van der Waals surface area contributed by atoms with E-state index in [-0.39, 0.29) is 11.2 Å². The highest BCUT2D eigenvalue weighted by Crippen LogP contribution is 2.35. The topological polar surface area (TPSA) is 40.6 Å². The smallest absolute Gasteiger partial charge is 0.152 e. The first kappa shape index (κ1) is 23.1. The highest BCUT2D eigenvalue weighted by Gasteiger charge is 2.18. The molecule has 0 fully saturated rings. The molecule has 0 amide bonds. The molecule has 0 aliphatic carbocycles. The van der Waals surface area contributed by atoms with Crippen LogP contribution in [0.1, 0.15) is 41.5 Å². The average Bonchev–Trinajstić information content (AvgIpc) is 2.65. The lowest BCUT2D eigenvalue weighted by Crippen LogP contribution is -2.23. The Morgan fingerprint density at radius 1 is 0.774 bits per heavy atom. The maximum Gasteiger partial charge on any atom is 0.152 e. The zero-order valence-corrected chi connectivity index (χ0v) is 20.6. The van der Waals surface area contributed by atoms with E-state index in [4.69, 9.17) is 19.2 Å². The molecule has 0 N–H and O–H groups in total. The first-order chi connectivity index (χ1) is 14.5. The Bertz CT molecular complexity index is 1060. The number of nitrogens with zero attached hydrogens (tertiary/aromatic N) is 1. The Morgan fingerprint density at radius 3 is 1.81 bits per heavy atom. The van der Waals surface area contributed by atoms with Gasteiger partial charge in [-0.05, 0) is 71.4 Å². The van der Waals surface area contributed by atoms with Crippen LogP contribution in [-0.2, 0) is 0 Å². The number of benzene rings is 2. The molecule has 0 saturated heterocycles. The van der Waals surface area contributed by atoms with Crippen molar-refractivity contribution in [1.29, 1.82) is 0 Å². The molecule has 0 aliphatic rings. The van der Waals surface area contributed by atoms with Gasteiger partial charge in [-0.3, -0.25) is 4.98 Å². The Kier molecular flexibility index (Phi) is 6.62. The van der Waals surface area contributed by atoms with Gasteiger partial charge >= 0.3 is 0 Å². The lowest BCUT2D eigenvalue weighted by molar-refractivity contribution is 0.130. The Morgan fingerprint density at radius 2 is 1.29 bits per heavy atom. The lowest BCUT2D eigenvalue weighted by Gasteiger charge is -2.22. The SMILES string of the molecule is COc1c(-c2cccc(OC(C)(C)C)c2)ncc(-c2cccc(OC(C)(C)C)c2)c1P. The molecule has 1 unspecified atom stereocenters. The summed E-state index contributed by atoms with van der Waals surface area (Å²) in [6, 6.07) is 16.0. The molecule has 4 nitrogen and oxygen atoms in total. The van der Waals surface area contributed by atoms with Gasteiger partial charge < -0.3 is 14.2 Å². The van der Waals surface area contributed by atoms with Gasteiger partial charge in [-0.25, -0.2) is 0 Å². The molecule has 5 heteroatoms. The van der Waals surface area contributed by atoms with Crippen LogP contribution in [0.2, 0.25) is 0 Å². The van der Waals surface area contributed by atoms with Crippen molar-refractivity contribution in [3.05, 3.63) is 54.7 Å². The number of hydrogen-bond acceptors (Lipinski definition) is 4. The van der Waals surface area contributed by atoms with Crippen LogP contribution < -0.4 is 19.5 Å². The summed E-state index contributed by atoms with van der Waals surface area (Å²) in [4.78, 5) is 4.76. The molecule has 0 spiro atoms. The van der Waals surface area contributed by atoms with E-state index in [0.29, 0.717) is 0 Å². The zero-order valence-electron chi connectivity index (χ0n) is 19.4. The van der Waals surface area contributed by atoms with Crippen LogP contribution in [0.15, 0.2) is 54.7 Å². The molecular weight excluding hydrogens is 405 g/mol. The summed E-state index contributed by atoms with van der Waals surface area (Å²) in [5.41, 5.74) is 3.19. The molecule has 164 valence electrons. The van der Waals surface area contributed by atoms with Crippen molar-refractivity contribution in [2.24, 2.45) is 0 Å². The second kappa shape index (κ2) is 8.88. The minimum Gasteiger partial charge on any atom is -0.494 e. The zero-order chi connectivity index (χ0) is 22.8. The number of rotatable bonds is 5. The summed E-state index contributed by atoms with van der Waals surface area (Å²) in [6.07, 6.45) is 1.88. The fourth-order valence-corrected chi connectivity index (χ4v) is 3.79. The van der Waals surface area contributed by atoms with Gasteiger partial charge in [-0.2, -0.15) is 0 Å². The van der Waals surface area contributed by atoms with E-state index in [1.54, 1.807) is 7.11 Å². The maximum absolute atomic E-state index is 6.03. The van der Waals surface area contributed by atoms with Gasteiger partial charge in [0.15, 0.2) is 5.75 Å². The van der Waals surface area contributed by atoms with Crippen molar-refractivity contribution in [1.82, 2.24) is 4.98 Å². The summed E-state index contributed by atoms with van der Waals surface area (Å²) in [7, 11) is 4.48. The van der Waals surface area contributed by atoms with Crippen LogP contribution in [-0.4, -0.2) is 23.3 Å². The minimum atomic E-state index is -0.272. The number of aromatic nitrogens is 1. The van der Waals surface area contributed by atoms with Gasteiger partial charge in [0.05, 0.1) is 7.11 Å². The van der Waals surface area contributed by atoms with Gasteiger partial charge in [-0.1, -0.05) is 24.3 Å². The fourth-order valence-electron chi connectivity index (χ4n) is 3.29. The van der Waals surface area contributed by atoms with E-state index in [1.807, 2.05) is 90.2 Å². The molecule has 3 aromatic rings. The number of methoxy groups -OCH3 is 1. The first-order valence-electron chi connectivity index (χ1n) is 10.4. The molecule has 3 rings (SSSR count). The van der Waals surface area contributed by atoms with Crippen LogP contribution in [0.3, 0.4) is 0 Å². The summed E-state index contributed by atoms with van der Waals surface area (Å²) in [5.74, 6) is 2.34. The molecule has 0 radical (unpaired) electrons. The van der Waals surface area contributed by atoms with Crippen molar-refractivity contribution in [2.75, 3.05) is 7.11 Å². The molecule has 0 saturated carbocycles. The molecule has 1 atom stereocenters. The summed E-state index contributed by atoms with van der Waals surface area (Å²) >= 11 is 0. The molecule has 1 heterocycles. The molecule has 0 bridgehead atoms. The fraction of sp³-hybridized carbons (Fsp3) is 0.346. The van der Waals surface area contributed by atoms with Crippen LogP contribution in [0.25, 0.3) is 22.4 Å². The quantitative estimate of drug-likeness (QED) is 0.441. The maximum atomic E-state index is 6.03. The van der Waals surface area contributed by atoms with Crippen molar-refractivity contribution < 1.29 is 14.2 Å². The second-order valence-corrected chi connectivity index (χ2v) is 10.0. The van der Waals surface area contributed by atoms with E-state index >= 15 is 0 Å². The van der Waals surface area contributed by atoms with Gasteiger partial charge in [0.25, 0.3) is 0 Å². The summed E-state index contributed by atoms with van der Waals surface area (Å²) in [5, 5.41) is 0.947. The number of pyridine rings is 1. The average molecular weight is 438 g/mol. The molecular formula is C26H32NO3P. The molecule has 0 aliphatic heterocycles. The van der Waals surface area contributed by atoms with E-state index < -0.39 is 0 Å².